The molecule has 7 aliphatic rings. The second kappa shape index (κ2) is 18.5. The predicted molar refractivity (Wildman–Crippen MR) is 210 cm³/mol. The number of carbonyl (C=O) groups is 3. The summed E-state index contributed by atoms with van der Waals surface area (Å²) in [5.74, 6) is -1.02. The summed E-state index contributed by atoms with van der Waals surface area (Å²) in [7, 11) is 0. The number of ether oxygens (including phenoxy) is 3. The van der Waals surface area contributed by atoms with E-state index in [9.17, 15) is 14.4 Å². The first-order chi connectivity index (χ1) is 26.4. The van der Waals surface area contributed by atoms with Crippen LogP contribution in [0.2, 0.25) is 0 Å². The maximum absolute atomic E-state index is 12.6. The summed E-state index contributed by atoms with van der Waals surface area (Å²) in [6.45, 7) is 6.30. The summed E-state index contributed by atoms with van der Waals surface area (Å²) >= 11 is 0. The molecule has 0 saturated carbocycles. The van der Waals surface area contributed by atoms with Crippen molar-refractivity contribution in [2.24, 2.45) is 0 Å². The van der Waals surface area contributed by atoms with Crippen LogP contribution < -0.4 is 0 Å². The minimum absolute atomic E-state index is 0.179. The van der Waals surface area contributed by atoms with E-state index in [2.05, 4.69) is 51.1 Å². The van der Waals surface area contributed by atoms with Crippen molar-refractivity contribution in [3.63, 3.8) is 0 Å². The second-order valence-electron chi connectivity index (χ2n) is 14.9. The van der Waals surface area contributed by atoms with Crippen molar-refractivity contribution in [3.05, 3.63) is 124 Å². The lowest BCUT2D eigenvalue weighted by atomic mass is 10.1. The lowest BCUT2D eigenvalue weighted by Gasteiger charge is -2.24. The van der Waals surface area contributed by atoms with Crippen LogP contribution in [-0.2, 0) is 48.2 Å². The van der Waals surface area contributed by atoms with E-state index in [0.717, 1.165) is 94.5 Å². The predicted octanol–water partition coefficient (Wildman–Crippen LogP) is 6.66. The monoisotopic (exact) mass is 729 g/mol. The Morgan fingerprint density at radius 1 is 0.389 bits per heavy atom. The molecule has 54 heavy (non-hydrogen) atoms. The SMILES string of the molecule is O=C1C=Cc2ccc(cc2)CN2CCC[C@H]2COC(=O)C=Cc2ccc(cc2)CN2CCC[C@H]2COC(=O)C=Cc2ccc(cc2)CN2CCC[C@H]2CO1. The molecule has 9 heteroatoms. The first-order valence-electron chi connectivity index (χ1n) is 19.5. The smallest absolute Gasteiger partial charge is 0.330 e. The highest BCUT2D eigenvalue weighted by Gasteiger charge is 2.28. The molecular formula is C45H51N3O6. The van der Waals surface area contributed by atoms with E-state index >= 15 is 0 Å². The fraction of sp³-hybridized carbons (Fsp3) is 0.400. The molecule has 3 saturated heterocycles. The van der Waals surface area contributed by atoms with Gasteiger partial charge in [0.1, 0.15) is 19.8 Å². The van der Waals surface area contributed by atoms with Gasteiger partial charge in [0, 0.05) is 56.0 Å². The van der Waals surface area contributed by atoms with E-state index in [-0.39, 0.29) is 36.0 Å². The Labute approximate surface area is 318 Å². The molecule has 3 aromatic carbocycles. The molecular weight excluding hydrogens is 679 g/mol. The van der Waals surface area contributed by atoms with Gasteiger partial charge >= 0.3 is 17.9 Å². The average molecular weight is 730 g/mol. The van der Waals surface area contributed by atoms with Gasteiger partial charge in [0.05, 0.1) is 0 Å². The first-order valence-corrected chi connectivity index (χ1v) is 19.5. The van der Waals surface area contributed by atoms with Crippen LogP contribution in [0.4, 0.5) is 0 Å². The first kappa shape index (κ1) is 37.5. The lowest BCUT2D eigenvalue weighted by molar-refractivity contribution is -0.140. The second-order valence-corrected chi connectivity index (χ2v) is 14.9. The lowest BCUT2D eigenvalue weighted by Crippen LogP contribution is -2.33. The van der Waals surface area contributed by atoms with Crippen LogP contribution in [0.5, 0.6) is 0 Å². The van der Waals surface area contributed by atoms with Gasteiger partial charge in [-0.1, -0.05) is 72.8 Å². The van der Waals surface area contributed by atoms with Crippen molar-refractivity contribution in [3.8, 4) is 0 Å². The summed E-state index contributed by atoms with van der Waals surface area (Å²) in [4.78, 5) is 45.1. The van der Waals surface area contributed by atoms with Gasteiger partial charge in [-0.05, 0) is 110 Å². The van der Waals surface area contributed by atoms with E-state index in [4.69, 9.17) is 14.2 Å². The number of esters is 3. The molecule has 0 unspecified atom stereocenters. The Hall–Kier alpha value is -4.83. The maximum atomic E-state index is 12.6. The topological polar surface area (TPSA) is 88.6 Å². The molecule has 7 heterocycles. The molecule has 0 spiro atoms. The van der Waals surface area contributed by atoms with Crippen LogP contribution in [0, 0.1) is 0 Å². The zero-order valence-electron chi connectivity index (χ0n) is 31.0. The van der Waals surface area contributed by atoms with E-state index in [1.165, 1.54) is 34.9 Å². The molecule has 3 aromatic rings. The third kappa shape index (κ3) is 10.6. The Kier molecular flexibility index (Phi) is 12.8. The summed E-state index contributed by atoms with van der Waals surface area (Å²) in [6.07, 6.45) is 16.1. The van der Waals surface area contributed by atoms with Crippen LogP contribution in [0.25, 0.3) is 18.2 Å². The van der Waals surface area contributed by atoms with Crippen molar-refractivity contribution in [1.82, 2.24) is 14.7 Å². The summed E-state index contributed by atoms with van der Waals surface area (Å²) in [6, 6.07) is 25.2. The zero-order chi connectivity index (χ0) is 37.1. The Morgan fingerprint density at radius 3 is 0.944 bits per heavy atom. The van der Waals surface area contributed by atoms with Gasteiger partial charge < -0.3 is 14.2 Å². The fourth-order valence-corrected chi connectivity index (χ4v) is 7.95. The minimum Gasteiger partial charge on any atom is -0.461 e. The van der Waals surface area contributed by atoms with Crippen LogP contribution in [-0.4, -0.2) is 90.2 Å². The molecule has 0 aliphatic carbocycles. The molecule has 10 rings (SSSR count). The number of nitrogens with zero attached hydrogens (tertiary/aromatic N) is 3. The number of hydrogen-bond donors (Lipinski definition) is 0. The van der Waals surface area contributed by atoms with Crippen LogP contribution >= 0.6 is 0 Å². The van der Waals surface area contributed by atoms with Gasteiger partial charge in [-0.2, -0.15) is 0 Å². The van der Waals surface area contributed by atoms with Gasteiger partial charge in [0.25, 0.3) is 0 Å². The van der Waals surface area contributed by atoms with E-state index in [1.807, 2.05) is 36.4 Å². The van der Waals surface area contributed by atoms with Crippen molar-refractivity contribution in [1.29, 1.82) is 0 Å². The maximum Gasteiger partial charge on any atom is 0.330 e. The van der Waals surface area contributed by atoms with Gasteiger partial charge in [-0.3, -0.25) is 14.7 Å². The fourth-order valence-electron chi connectivity index (χ4n) is 7.95. The summed E-state index contributed by atoms with van der Waals surface area (Å²) in [5, 5.41) is 0. The minimum atomic E-state index is -0.341. The largest absolute Gasteiger partial charge is 0.461 e. The summed E-state index contributed by atoms with van der Waals surface area (Å²) < 4.78 is 17.0. The normalized spacial score (nSPS) is 24.2. The van der Waals surface area contributed by atoms with Crippen molar-refractivity contribution in [2.45, 2.75) is 76.3 Å². The van der Waals surface area contributed by atoms with E-state index in [1.54, 1.807) is 18.2 Å². The van der Waals surface area contributed by atoms with Crippen LogP contribution in [0.15, 0.2) is 91.0 Å². The van der Waals surface area contributed by atoms with Gasteiger partial charge in [0.2, 0.25) is 0 Å². The number of benzene rings is 3. The van der Waals surface area contributed by atoms with Crippen molar-refractivity contribution in [2.75, 3.05) is 39.5 Å². The van der Waals surface area contributed by atoms with E-state index in [0.29, 0.717) is 19.8 Å². The molecule has 3 fully saturated rings. The number of hydrogen-bond acceptors (Lipinski definition) is 9. The molecule has 0 N–H and O–H groups in total. The molecule has 0 aromatic heterocycles. The van der Waals surface area contributed by atoms with Gasteiger partial charge in [-0.25, -0.2) is 14.4 Å². The number of rotatable bonds is 0. The van der Waals surface area contributed by atoms with Crippen LogP contribution in [0.1, 0.15) is 71.9 Å². The van der Waals surface area contributed by atoms with Crippen LogP contribution in [0.3, 0.4) is 0 Å². The molecule has 9 nitrogen and oxygen atoms in total. The molecule has 7 aliphatic heterocycles. The third-order valence-corrected chi connectivity index (χ3v) is 11.1. The van der Waals surface area contributed by atoms with E-state index < -0.39 is 0 Å². The Morgan fingerprint density at radius 2 is 0.667 bits per heavy atom. The molecule has 0 amide bonds. The number of carbonyl (C=O) groups excluding carboxylic acids is 3. The zero-order valence-corrected chi connectivity index (χ0v) is 31.0. The molecule has 0 radical (unpaired) electrons. The quantitative estimate of drug-likeness (QED) is 0.186. The highest BCUT2D eigenvalue weighted by molar-refractivity contribution is 5.88. The Balaban J connectivity index is 1.01. The van der Waals surface area contributed by atoms with Crippen molar-refractivity contribution >= 4 is 36.1 Å². The standard InChI is InChI=1S/C45H51N3O6/c49-43-22-19-35-9-15-38(16-10-35)29-47-26-3-6-42(47)33-54-45(51)24-21-36-11-17-39(18-12-36)30-48-27-2-5-41(48)32-53-44(50)23-20-34-7-13-37(14-8-34)28-46-25-1-4-40(46)31-52-43/h7-24,40-42H,1-6,25-33H2/t40-,41-,42-/m0/s1. The molecule has 6 bridgehead atoms. The van der Waals surface area contributed by atoms with Crippen molar-refractivity contribution < 1.29 is 28.6 Å². The number of fused-ring (bicyclic) bond motifs is 3. The average Bonchev–Trinajstić information content (AvgIpc) is 3.96. The van der Waals surface area contributed by atoms with Gasteiger partial charge in [-0.15, -0.1) is 0 Å². The highest BCUT2D eigenvalue weighted by Crippen LogP contribution is 2.24. The highest BCUT2D eigenvalue weighted by atomic mass is 16.5. The van der Waals surface area contributed by atoms with Gasteiger partial charge in [0.15, 0.2) is 0 Å². The summed E-state index contributed by atoms with van der Waals surface area (Å²) in [5.41, 5.74) is 6.34. The third-order valence-electron chi connectivity index (χ3n) is 11.1. The Bertz CT molecular complexity index is 1600. The molecule has 282 valence electrons. The molecule has 3 atom stereocenters.